The molecule has 0 amide bonds. The van der Waals surface area contributed by atoms with Gasteiger partial charge in [-0.1, -0.05) is 36.4 Å². The first-order valence-corrected chi connectivity index (χ1v) is 5.65. The number of rotatable bonds is 2. The Labute approximate surface area is 108 Å². The molecule has 0 saturated heterocycles. The zero-order chi connectivity index (χ0) is 13.9. The Kier molecular flexibility index (Phi) is 3.57. The maximum absolute atomic E-state index is 12.7. The summed E-state index contributed by atoms with van der Waals surface area (Å²) in [6.07, 6.45) is -4.29. The summed E-state index contributed by atoms with van der Waals surface area (Å²) in [4.78, 5) is 0. The second kappa shape index (κ2) is 5.15. The van der Waals surface area contributed by atoms with Crippen LogP contribution in [0.15, 0.2) is 48.5 Å². The van der Waals surface area contributed by atoms with E-state index in [9.17, 15) is 13.2 Å². The van der Waals surface area contributed by atoms with Crippen molar-refractivity contribution in [3.63, 3.8) is 0 Å². The lowest BCUT2D eigenvalue weighted by Gasteiger charge is -2.12. The molecule has 0 bridgehead atoms. The minimum absolute atomic E-state index is 0.0857. The van der Waals surface area contributed by atoms with Gasteiger partial charge in [0.2, 0.25) is 0 Å². The van der Waals surface area contributed by atoms with Crippen LogP contribution in [-0.2, 0) is 12.6 Å². The lowest BCUT2D eigenvalue weighted by molar-refractivity contribution is -0.137. The molecule has 0 aliphatic rings. The fourth-order valence-electron chi connectivity index (χ4n) is 1.88. The number of nitriles is 1. The van der Waals surface area contributed by atoms with E-state index in [1.165, 1.54) is 6.07 Å². The van der Waals surface area contributed by atoms with Crippen LogP contribution >= 0.6 is 0 Å². The Balaban J connectivity index is 2.58. The number of nitrogens with zero attached hydrogens (tertiary/aromatic N) is 1. The van der Waals surface area contributed by atoms with E-state index in [1.54, 1.807) is 30.3 Å². The SMILES string of the molecule is N#CCc1ccc(C(F)(F)F)cc1-c1ccccc1. The van der Waals surface area contributed by atoms with E-state index < -0.39 is 11.7 Å². The van der Waals surface area contributed by atoms with Gasteiger partial charge in [-0.25, -0.2) is 0 Å². The molecule has 0 saturated carbocycles. The van der Waals surface area contributed by atoms with E-state index in [1.807, 2.05) is 6.07 Å². The van der Waals surface area contributed by atoms with Gasteiger partial charge >= 0.3 is 6.18 Å². The fourth-order valence-corrected chi connectivity index (χ4v) is 1.88. The van der Waals surface area contributed by atoms with E-state index in [2.05, 4.69) is 0 Å². The molecule has 0 fully saturated rings. The maximum Gasteiger partial charge on any atom is 0.416 e. The molecular formula is C15H10F3N. The van der Waals surface area contributed by atoms with Gasteiger partial charge in [-0.2, -0.15) is 18.4 Å². The largest absolute Gasteiger partial charge is 0.416 e. The highest BCUT2D eigenvalue weighted by Gasteiger charge is 2.31. The van der Waals surface area contributed by atoms with Gasteiger partial charge in [0.1, 0.15) is 0 Å². The second-order valence-electron chi connectivity index (χ2n) is 4.07. The zero-order valence-electron chi connectivity index (χ0n) is 9.91. The highest BCUT2D eigenvalue weighted by atomic mass is 19.4. The van der Waals surface area contributed by atoms with Gasteiger partial charge in [0.05, 0.1) is 18.1 Å². The summed E-state index contributed by atoms with van der Waals surface area (Å²) in [6, 6.07) is 14.2. The number of benzene rings is 2. The first-order chi connectivity index (χ1) is 9.02. The Bertz CT molecular complexity index is 610. The summed E-state index contributed by atoms with van der Waals surface area (Å²) in [5.41, 5.74) is 1.03. The smallest absolute Gasteiger partial charge is 0.198 e. The molecule has 0 aliphatic carbocycles. The van der Waals surface area contributed by atoms with Crippen molar-refractivity contribution in [3.05, 3.63) is 59.7 Å². The summed E-state index contributed by atoms with van der Waals surface area (Å²) in [5.74, 6) is 0. The minimum Gasteiger partial charge on any atom is -0.198 e. The van der Waals surface area contributed by atoms with Crippen molar-refractivity contribution in [3.8, 4) is 17.2 Å². The molecule has 1 nitrogen and oxygen atoms in total. The van der Waals surface area contributed by atoms with Crippen molar-refractivity contribution in [2.75, 3.05) is 0 Å². The summed E-state index contributed by atoms with van der Waals surface area (Å²) in [6.45, 7) is 0. The van der Waals surface area contributed by atoms with Crippen molar-refractivity contribution in [1.29, 1.82) is 5.26 Å². The number of hydrogen-bond acceptors (Lipinski definition) is 1. The lowest BCUT2D eigenvalue weighted by atomic mass is 9.95. The first-order valence-electron chi connectivity index (χ1n) is 5.65. The van der Waals surface area contributed by atoms with E-state index >= 15 is 0 Å². The van der Waals surface area contributed by atoms with Gasteiger partial charge in [-0.15, -0.1) is 0 Å². The molecule has 0 spiro atoms. The van der Waals surface area contributed by atoms with Gasteiger partial charge in [-0.05, 0) is 28.8 Å². The lowest BCUT2D eigenvalue weighted by Crippen LogP contribution is -2.05. The van der Waals surface area contributed by atoms with Crippen molar-refractivity contribution in [1.82, 2.24) is 0 Å². The Morgan fingerprint density at radius 3 is 2.26 bits per heavy atom. The average molecular weight is 261 g/mol. The Morgan fingerprint density at radius 1 is 1.00 bits per heavy atom. The summed E-state index contributed by atoms with van der Waals surface area (Å²) in [7, 11) is 0. The molecule has 96 valence electrons. The van der Waals surface area contributed by atoms with Crippen LogP contribution in [0.4, 0.5) is 13.2 Å². The van der Waals surface area contributed by atoms with Gasteiger partial charge in [0.25, 0.3) is 0 Å². The Hall–Kier alpha value is -2.28. The normalized spacial score (nSPS) is 11.1. The molecule has 2 rings (SSSR count). The van der Waals surface area contributed by atoms with Crippen molar-refractivity contribution >= 4 is 0 Å². The average Bonchev–Trinajstić information content (AvgIpc) is 2.39. The molecule has 0 unspecified atom stereocenters. The third kappa shape index (κ3) is 2.94. The topological polar surface area (TPSA) is 23.8 Å². The van der Waals surface area contributed by atoms with E-state index in [0.29, 0.717) is 16.7 Å². The standard InChI is InChI=1S/C15H10F3N/c16-15(17,18)13-7-6-12(8-9-19)14(10-13)11-4-2-1-3-5-11/h1-7,10H,8H2. The molecule has 0 aliphatic heterocycles. The van der Waals surface area contributed by atoms with Crippen molar-refractivity contribution in [2.24, 2.45) is 0 Å². The molecule has 2 aromatic rings. The summed E-state index contributed by atoms with van der Waals surface area (Å²) >= 11 is 0. The monoisotopic (exact) mass is 261 g/mol. The molecule has 2 aromatic carbocycles. The predicted molar refractivity (Wildman–Crippen MR) is 66.2 cm³/mol. The second-order valence-corrected chi connectivity index (χ2v) is 4.07. The zero-order valence-corrected chi connectivity index (χ0v) is 9.91. The fraction of sp³-hybridized carbons (Fsp3) is 0.133. The molecule has 0 N–H and O–H groups in total. The molecule has 0 atom stereocenters. The maximum atomic E-state index is 12.7. The number of hydrogen-bond donors (Lipinski definition) is 0. The van der Waals surface area contributed by atoms with Gasteiger partial charge < -0.3 is 0 Å². The predicted octanol–water partition coefficient (Wildman–Crippen LogP) is 4.44. The Morgan fingerprint density at radius 2 is 1.68 bits per heavy atom. The quantitative estimate of drug-likeness (QED) is 0.784. The van der Waals surface area contributed by atoms with Gasteiger partial charge in [0.15, 0.2) is 0 Å². The highest BCUT2D eigenvalue weighted by Crippen LogP contribution is 2.34. The molecular weight excluding hydrogens is 251 g/mol. The van der Waals surface area contributed by atoms with Crippen LogP contribution in [0.2, 0.25) is 0 Å². The minimum atomic E-state index is -4.38. The van der Waals surface area contributed by atoms with Crippen LogP contribution in [0.25, 0.3) is 11.1 Å². The van der Waals surface area contributed by atoms with Crippen LogP contribution in [0.5, 0.6) is 0 Å². The van der Waals surface area contributed by atoms with Crippen LogP contribution in [0.1, 0.15) is 11.1 Å². The van der Waals surface area contributed by atoms with Crippen LogP contribution in [-0.4, -0.2) is 0 Å². The summed E-state index contributed by atoms with van der Waals surface area (Å²) < 4.78 is 38.2. The molecule has 0 aromatic heterocycles. The van der Waals surface area contributed by atoms with Crippen LogP contribution in [0, 0.1) is 11.3 Å². The molecule has 4 heteroatoms. The number of halogens is 3. The van der Waals surface area contributed by atoms with Gasteiger partial charge in [-0.3, -0.25) is 0 Å². The van der Waals surface area contributed by atoms with Crippen LogP contribution in [0.3, 0.4) is 0 Å². The molecule has 0 heterocycles. The van der Waals surface area contributed by atoms with E-state index in [4.69, 9.17) is 5.26 Å². The summed E-state index contributed by atoms with van der Waals surface area (Å²) in [5, 5.41) is 8.75. The third-order valence-electron chi connectivity index (χ3n) is 2.79. The molecule has 0 radical (unpaired) electrons. The van der Waals surface area contributed by atoms with E-state index in [0.717, 1.165) is 12.1 Å². The highest BCUT2D eigenvalue weighted by molar-refractivity contribution is 5.68. The third-order valence-corrected chi connectivity index (χ3v) is 2.79. The number of alkyl halides is 3. The molecule has 19 heavy (non-hydrogen) atoms. The van der Waals surface area contributed by atoms with Crippen molar-refractivity contribution < 1.29 is 13.2 Å². The first kappa shape index (κ1) is 13.2. The van der Waals surface area contributed by atoms with Gasteiger partial charge in [0, 0.05) is 0 Å². The van der Waals surface area contributed by atoms with Crippen molar-refractivity contribution in [2.45, 2.75) is 12.6 Å². The van der Waals surface area contributed by atoms with E-state index in [-0.39, 0.29) is 6.42 Å². The van der Waals surface area contributed by atoms with Crippen LogP contribution < -0.4 is 0 Å².